The molecule has 0 radical (unpaired) electrons. The molecular weight excluding hydrogens is 410 g/mol. The van der Waals surface area contributed by atoms with Crippen molar-refractivity contribution in [2.45, 2.75) is 12.5 Å². The normalized spacial score (nSPS) is 20.3. The number of ether oxygens (including phenoxy) is 1. The van der Waals surface area contributed by atoms with Gasteiger partial charge in [-0.3, -0.25) is 9.59 Å². The SMILES string of the molecule is N#Cc1ccc(NC(=O)C2CSCN2C(=O)C2COc3ccc(Cl)cc3C2)cc1. The van der Waals surface area contributed by atoms with Gasteiger partial charge < -0.3 is 15.0 Å². The van der Waals surface area contributed by atoms with Gasteiger partial charge in [0.05, 0.1) is 23.4 Å². The first-order valence-corrected chi connectivity index (χ1v) is 10.7. The van der Waals surface area contributed by atoms with Crippen molar-refractivity contribution in [2.75, 3.05) is 23.6 Å². The molecule has 0 spiro atoms. The summed E-state index contributed by atoms with van der Waals surface area (Å²) in [5.74, 6) is 1.12. The van der Waals surface area contributed by atoms with Crippen LogP contribution in [-0.2, 0) is 16.0 Å². The first-order chi connectivity index (χ1) is 14.0. The molecule has 2 aliphatic rings. The smallest absolute Gasteiger partial charge is 0.248 e. The molecule has 0 bridgehead atoms. The number of carbonyl (C=O) groups is 2. The van der Waals surface area contributed by atoms with Crippen molar-refractivity contribution in [3.05, 3.63) is 58.6 Å². The Morgan fingerprint density at radius 3 is 2.79 bits per heavy atom. The highest BCUT2D eigenvalue weighted by atomic mass is 35.5. The van der Waals surface area contributed by atoms with Crippen molar-refractivity contribution in [2.24, 2.45) is 5.92 Å². The quantitative estimate of drug-likeness (QED) is 0.812. The molecule has 2 heterocycles. The van der Waals surface area contributed by atoms with Crippen LogP contribution in [0.25, 0.3) is 0 Å². The second kappa shape index (κ2) is 8.36. The number of nitriles is 1. The number of nitrogens with one attached hydrogen (secondary N) is 1. The third-order valence-electron chi connectivity index (χ3n) is 5.03. The highest BCUT2D eigenvalue weighted by Gasteiger charge is 2.39. The zero-order chi connectivity index (χ0) is 20.4. The summed E-state index contributed by atoms with van der Waals surface area (Å²) in [6.45, 7) is 0.290. The standard InChI is InChI=1S/C21H18ClN3O3S/c22-16-3-6-19-14(8-16)7-15(10-28-19)21(27)25-12-29-11-18(25)20(26)24-17-4-1-13(9-23)2-5-17/h1-6,8,15,18H,7,10-12H2,(H,24,26). The molecule has 4 rings (SSSR count). The number of hydrogen-bond acceptors (Lipinski definition) is 5. The lowest BCUT2D eigenvalue weighted by Gasteiger charge is -2.30. The van der Waals surface area contributed by atoms with Crippen molar-refractivity contribution in [3.63, 3.8) is 0 Å². The van der Waals surface area contributed by atoms with Gasteiger partial charge in [-0.25, -0.2) is 0 Å². The van der Waals surface area contributed by atoms with E-state index in [9.17, 15) is 9.59 Å². The second-order valence-electron chi connectivity index (χ2n) is 6.97. The molecule has 0 aliphatic carbocycles. The Hall–Kier alpha value is -2.69. The monoisotopic (exact) mass is 427 g/mol. The summed E-state index contributed by atoms with van der Waals surface area (Å²) in [5.41, 5.74) is 2.03. The summed E-state index contributed by atoms with van der Waals surface area (Å²) in [6, 6.07) is 13.6. The second-order valence-corrected chi connectivity index (χ2v) is 8.40. The van der Waals surface area contributed by atoms with Gasteiger partial charge in [0.25, 0.3) is 0 Å². The van der Waals surface area contributed by atoms with Gasteiger partial charge in [0.2, 0.25) is 11.8 Å². The van der Waals surface area contributed by atoms with Crippen LogP contribution in [0.3, 0.4) is 0 Å². The maximum absolute atomic E-state index is 13.1. The molecule has 8 heteroatoms. The van der Waals surface area contributed by atoms with E-state index in [0.29, 0.717) is 40.9 Å². The Balaban J connectivity index is 1.44. The topological polar surface area (TPSA) is 82.4 Å². The molecule has 2 aromatic rings. The zero-order valence-electron chi connectivity index (χ0n) is 15.4. The van der Waals surface area contributed by atoms with Crippen molar-refractivity contribution in [1.82, 2.24) is 4.90 Å². The van der Waals surface area contributed by atoms with E-state index in [4.69, 9.17) is 21.6 Å². The van der Waals surface area contributed by atoms with Crippen LogP contribution in [0.4, 0.5) is 5.69 Å². The van der Waals surface area contributed by atoms with Crippen LogP contribution in [0, 0.1) is 17.2 Å². The number of benzene rings is 2. The van der Waals surface area contributed by atoms with Gasteiger partial charge in [-0.15, -0.1) is 11.8 Å². The van der Waals surface area contributed by atoms with Crippen LogP contribution < -0.4 is 10.1 Å². The number of thioether (sulfide) groups is 1. The predicted molar refractivity (Wildman–Crippen MR) is 112 cm³/mol. The fourth-order valence-corrected chi connectivity index (χ4v) is 4.85. The van der Waals surface area contributed by atoms with Crippen LogP contribution in [0.1, 0.15) is 11.1 Å². The van der Waals surface area contributed by atoms with Gasteiger partial charge in [0.15, 0.2) is 0 Å². The van der Waals surface area contributed by atoms with Gasteiger partial charge in [-0.2, -0.15) is 5.26 Å². The fourth-order valence-electron chi connectivity index (χ4n) is 3.49. The Morgan fingerprint density at radius 1 is 1.24 bits per heavy atom. The minimum Gasteiger partial charge on any atom is -0.492 e. The molecule has 1 N–H and O–H groups in total. The Labute approximate surface area is 177 Å². The molecular formula is C21H18ClN3O3S. The molecule has 0 saturated carbocycles. The van der Waals surface area contributed by atoms with E-state index < -0.39 is 6.04 Å². The summed E-state index contributed by atoms with van der Waals surface area (Å²) in [4.78, 5) is 27.5. The third kappa shape index (κ3) is 4.19. The fraction of sp³-hybridized carbons (Fsp3) is 0.286. The van der Waals surface area contributed by atoms with E-state index in [1.807, 2.05) is 18.2 Å². The van der Waals surface area contributed by atoms with Gasteiger partial charge in [0, 0.05) is 16.5 Å². The molecule has 0 aromatic heterocycles. The molecule has 148 valence electrons. The van der Waals surface area contributed by atoms with Crippen LogP contribution >= 0.6 is 23.4 Å². The van der Waals surface area contributed by atoms with Crippen LogP contribution in [0.5, 0.6) is 5.75 Å². The Kier molecular flexibility index (Phi) is 5.65. The van der Waals surface area contributed by atoms with E-state index in [1.165, 1.54) is 0 Å². The zero-order valence-corrected chi connectivity index (χ0v) is 17.0. The number of anilines is 1. The van der Waals surface area contributed by atoms with Gasteiger partial charge >= 0.3 is 0 Å². The summed E-state index contributed by atoms with van der Waals surface area (Å²) in [5, 5.41) is 12.3. The molecule has 2 aliphatic heterocycles. The minimum absolute atomic E-state index is 0.0828. The lowest BCUT2D eigenvalue weighted by molar-refractivity contribution is -0.140. The van der Waals surface area contributed by atoms with Gasteiger partial charge in [-0.05, 0) is 54.4 Å². The van der Waals surface area contributed by atoms with Crippen molar-refractivity contribution in [3.8, 4) is 11.8 Å². The molecule has 29 heavy (non-hydrogen) atoms. The molecule has 2 atom stereocenters. The Bertz CT molecular complexity index is 990. The van der Waals surface area contributed by atoms with E-state index >= 15 is 0 Å². The van der Waals surface area contributed by atoms with Gasteiger partial charge in [-0.1, -0.05) is 11.6 Å². The van der Waals surface area contributed by atoms with Crippen molar-refractivity contribution < 1.29 is 14.3 Å². The van der Waals surface area contributed by atoms with Crippen LogP contribution in [0.2, 0.25) is 5.02 Å². The first-order valence-electron chi connectivity index (χ1n) is 9.15. The molecule has 1 fully saturated rings. The highest BCUT2D eigenvalue weighted by molar-refractivity contribution is 7.99. The van der Waals surface area contributed by atoms with E-state index in [2.05, 4.69) is 5.32 Å². The van der Waals surface area contributed by atoms with Crippen molar-refractivity contribution >= 4 is 40.9 Å². The average molecular weight is 428 g/mol. The van der Waals surface area contributed by atoms with E-state index in [0.717, 1.165) is 11.3 Å². The molecule has 2 unspecified atom stereocenters. The number of amides is 2. The predicted octanol–water partition coefficient (Wildman–Crippen LogP) is 3.30. The number of fused-ring (bicyclic) bond motifs is 1. The third-order valence-corrected chi connectivity index (χ3v) is 6.27. The number of hydrogen-bond donors (Lipinski definition) is 1. The summed E-state index contributed by atoms with van der Waals surface area (Å²) >= 11 is 7.62. The summed E-state index contributed by atoms with van der Waals surface area (Å²) < 4.78 is 5.75. The lowest BCUT2D eigenvalue weighted by Crippen LogP contribution is -2.48. The summed E-state index contributed by atoms with van der Waals surface area (Å²) in [6.07, 6.45) is 0.542. The number of carbonyl (C=O) groups excluding carboxylic acids is 2. The van der Waals surface area contributed by atoms with Crippen molar-refractivity contribution in [1.29, 1.82) is 5.26 Å². The molecule has 6 nitrogen and oxygen atoms in total. The number of rotatable bonds is 3. The number of halogens is 1. The highest BCUT2D eigenvalue weighted by Crippen LogP contribution is 2.32. The maximum Gasteiger partial charge on any atom is 0.248 e. The maximum atomic E-state index is 13.1. The molecule has 2 aromatic carbocycles. The van der Waals surface area contributed by atoms with Crippen LogP contribution in [-0.4, -0.2) is 41.0 Å². The first kappa shape index (κ1) is 19.6. The minimum atomic E-state index is -0.538. The van der Waals surface area contributed by atoms with E-state index in [1.54, 1.807) is 47.0 Å². The summed E-state index contributed by atoms with van der Waals surface area (Å²) in [7, 11) is 0. The average Bonchev–Trinajstić information content (AvgIpc) is 3.23. The largest absolute Gasteiger partial charge is 0.492 e. The van der Waals surface area contributed by atoms with Gasteiger partial charge in [0.1, 0.15) is 18.4 Å². The lowest BCUT2D eigenvalue weighted by atomic mass is 9.95. The van der Waals surface area contributed by atoms with Crippen LogP contribution in [0.15, 0.2) is 42.5 Å². The number of nitrogens with zero attached hydrogens (tertiary/aromatic N) is 2. The molecule has 1 saturated heterocycles. The van der Waals surface area contributed by atoms with E-state index in [-0.39, 0.29) is 17.7 Å². The molecule has 2 amide bonds. The Morgan fingerprint density at radius 2 is 2.03 bits per heavy atom.